The van der Waals surface area contributed by atoms with E-state index in [1.54, 1.807) is 24.3 Å². The highest BCUT2D eigenvalue weighted by atomic mass is 16.5. The number of ether oxygens (including phenoxy) is 1. The van der Waals surface area contributed by atoms with Crippen LogP contribution in [-0.2, 0) is 4.79 Å². The van der Waals surface area contributed by atoms with Crippen molar-refractivity contribution in [2.75, 3.05) is 20.3 Å². The molecule has 0 spiro atoms. The molecule has 8 heteroatoms. The van der Waals surface area contributed by atoms with Gasteiger partial charge in [0, 0.05) is 6.08 Å². The number of aliphatic hydroxyl groups is 3. The minimum atomic E-state index is -0.981. The van der Waals surface area contributed by atoms with Crippen LogP contribution in [0.15, 0.2) is 36.9 Å². The van der Waals surface area contributed by atoms with Crippen molar-refractivity contribution in [2.24, 2.45) is 0 Å². The summed E-state index contributed by atoms with van der Waals surface area (Å²) >= 11 is 0. The van der Waals surface area contributed by atoms with E-state index in [0.717, 1.165) is 6.08 Å². The number of phenolic OH excluding ortho intramolecular Hbond substituents is 1. The molecule has 0 bridgehead atoms. The second kappa shape index (κ2) is 15.9. The zero-order valence-corrected chi connectivity index (χ0v) is 11.6. The van der Waals surface area contributed by atoms with E-state index in [4.69, 9.17) is 30.3 Å². The third kappa shape index (κ3) is 15.8. The molecule has 1 aromatic rings. The Morgan fingerprint density at radius 1 is 1.33 bits per heavy atom. The number of carbonyl (C=O) groups is 1. The van der Waals surface area contributed by atoms with Crippen molar-refractivity contribution in [3.05, 3.63) is 36.9 Å². The maximum absolute atomic E-state index is 9.25. The van der Waals surface area contributed by atoms with E-state index < -0.39 is 12.1 Å². The molecule has 0 amide bonds. The minimum absolute atomic E-state index is 0. The fraction of sp³-hybridized carbons (Fsp3) is 0.308. The lowest BCUT2D eigenvalue weighted by atomic mass is 10.3. The molecular formula is C13H22O8. The number of para-hydroxylation sites is 2. The molecule has 21 heavy (non-hydrogen) atoms. The Balaban J connectivity index is -0.000000240. The van der Waals surface area contributed by atoms with Crippen molar-refractivity contribution >= 4 is 5.97 Å². The topological polar surface area (TPSA) is 159 Å². The molecule has 1 aromatic carbocycles. The predicted molar refractivity (Wildman–Crippen MR) is 76.3 cm³/mol. The van der Waals surface area contributed by atoms with Crippen LogP contribution in [0.25, 0.3) is 0 Å². The van der Waals surface area contributed by atoms with Crippen LogP contribution in [0.4, 0.5) is 0 Å². The maximum Gasteiger partial charge on any atom is 0.327 e. The van der Waals surface area contributed by atoms with E-state index in [9.17, 15) is 4.79 Å². The molecule has 8 nitrogen and oxygen atoms in total. The van der Waals surface area contributed by atoms with E-state index in [1.807, 2.05) is 0 Å². The number of aliphatic carboxylic acids is 1. The van der Waals surface area contributed by atoms with Crippen LogP contribution < -0.4 is 4.74 Å². The van der Waals surface area contributed by atoms with Gasteiger partial charge < -0.3 is 35.7 Å². The summed E-state index contributed by atoms with van der Waals surface area (Å²) in [7, 11) is 1.52. The van der Waals surface area contributed by atoms with E-state index in [1.165, 1.54) is 7.11 Å². The molecule has 0 fully saturated rings. The number of methoxy groups -OCH3 is 1. The maximum atomic E-state index is 9.25. The smallest absolute Gasteiger partial charge is 0.327 e. The molecule has 1 rings (SSSR count). The summed E-state index contributed by atoms with van der Waals surface area (Å²) in [5.41, 5.74) is 0. The van der Waals surface area contributed by atoms with Gasteiger partial charge in [0.15, 0.2) is 11.5 Å². The lowest BCUT2D eigenvalue weighted by molar-refractivity contribution is -0.131. The highest BCUT2D eigenvalue weighted by Crippen LogP contribution is 2.22. The summed E-state index contributed by atoms with van der Waals surface area (Å²) in [5.74, 6) is -0.289. The second-order valence-corrected chi connectivity index (χ2v) is 3.23. The summed E-state index contributed by atoms with van der Waals surface area (Å²) in [6, 6.07) is 6.84. The Hall–Kier alpha value is -2.13. The van der Waals surface area contributed by atoms with Crippen molar-refractivity contribution in [2.45, 2.75) is 6.10 Å². The zero-order valence-electron chi connectivity index (χ0n) is 11.6. The Morgan fingerprint density at radius 2 is 1.76 bits per heavy atom. The molecule has 0 heterocycles. The number of carboxylic acid groups (broad SMARTS) is 1. The SMILES string of the molecule is C=CC(=O)O.COc1ccccc1O.O.OCC(O)CO. The fourth-order valence-corrected chi connectivity index (χ4v) is 0.688. The summed E-state index contributed by atoms with van der Waals surface area (Å²) in [5, 5.41) is 40.6. The van der Waals surface area contributed by atoms with Crippen LogP contribution in [0, 0.1) is 0 Å². The fourth-order valence-electron chi connectivity index (χ4n) is 0.688. The normalized spacial score (nSPS) is 8.24. The van der Waals surface area contributed by atoms with Gasteiger partial charge in [-0.2, -0.15) is 0 Å². The zero-order chi connectivity index (χ0) is 16.0. The van der Waals surface area contributed by atoms with Crippen LogP contribution in [0.2, 0.25) is 0 Å². The first kappa shape index (κ1) is 23.9. The Labute approximate surface area is 122 Å². The minimum Gasteiger partial charge on any atom is -0.504 e. The molecule has 0 aliphatic rings. The summed E-state index contributed by atoms with van der Waals surface area (Å²) in [4.78, 5) is 9.25. The van der Waals surface area contributed by atoms with Crippen molar-refractivity contribution < 1.29 is 40.5 Å². The summed E-state index contributed by atoms with van der Waals surface area (Å²) in [6.45, 7) is 2.23. The van der Waals surface area contributed by atoms with Crippen LogP contribution in [0.5, 0.6) is 11.5 Å². The molecule has 0 unspecified atom stereocenters. The molecule has 0 atom stereocenters. The van der Waals surface area contributed by atoms with E-state index in [2.05, 4.69) is 6.58 Å². The molecule has 0 saturated heterocycles. The van der Waals surface area contributed by atoms with Crippen LogP contribution in [-0.4, -0.2) is 63.4 Å². The lowest BCUT2D eigenvalue weighted by Crippen LogP contribution is -2.15. The molecule has 7 N–H and O–H groups in total. The Bertz CT molecular complexity index is 376. The lowest BCUT2D eigenvalue weighted by Gasteiger charge is -1.99. The van der Waals surface area contributed by atoms with Crippen LogP contribution in [0.3, 0.4) is 0 Å². The number of aliphatic hydroxyl groups excluding tert-OH is 3. The van der Waals surface area contributed by atoms with Gasteiger partial charge >= 0.3 is 5.97 Å². The van der Waals surface area contributed by atoms with Crippen LogP contribution >= 0.6 is 0 Å². The number of aromatic hydroxyl groups is 1. The number of phenols is 1. The number of rotatable bonds is 4. The Morgan fingerprint density at radius 3 is 1.95 bits per heavy atom. The van der Waals surface area contributed by atoms with Gasteiger partial charge in [-0.15, -0.1) is 0 Å². The molecule has 0 aliphatic carbocycles. The number of hydrogen-bond acceptors (Lipinski definition) is 6. The van der Waals surface area contributed by atoms with Gasteiger partial charge in [-0.05, 0) is 12.1 Å². The average Bonchev–Trinajstić information content (AvgIpc) is 2.48. The number of carboxylic acids is 1. The third-order valence-corrected chi connectivity index (χ3v) is 1.68. The van der Waals surface area contributed by atoms with Crippen molar-refractivity contribution in [3.63, 3.8) is 0 Å². The van der Waals surface area contributed by atoms with E-state index >= 15 is 0 Å². The number of benzene rings is 1. The molecule has 0 saturated carbocycles. The highest BCUT2D eigenvalue weighted by Gasteiger charge is 1.94. The second-order valence-electron chi connectivity index (χ2n) is 3.23. The first-order valence-corrected chi connectivity index (χ1v) is 5.50. The average molecular weight is 306 g/mol. The van der Waals surface area contributed by atoms with Gasteiger partial charge in [0.25, 0.3) is 0 Å². The number of hydrogen-bond donors (Lipinski definition) is 5. The molecular weight excluding hydrogens is 284 g/mol. The molecule has 0 aromatic heterocycles. The summed E-state index contributed by atoms with van der Waals surface area (Å²) < 4.78 is 4.79. The quantitative estimate of drug-likeness (QED) is 0.454. The van der Waals surface area contributed by atoms with Crippen molar-refractivity contribution in [1.29, 1.82) is 0 Å². The van der Waals surface area contributed by atoms with Gasteiger partial charge in [0.1, 0.15) is 6.10 Å². The largest absolute Gasteiger partial charge is 0.504 e. The predicted octanol–water partition coefficient (Wildman–Crippen LogP) is -0.835. The van der Waals surface area contributed by atoms with Gasteiger partial charge in [-0.1, -0.05) is 18.7 Å². The van der Waals surface area contributed by atoms with Crippen molar-refractivity contribution in [3.8, 4) is 11.5 Å². The standard InChI is InChI=1S/C7H8O2.C3H8O3.C3H4O2.H2O/c1-9-7-5-3-2-4-6(7)8;4-1-3(6)2-5;1-2-3(4)5;/h2-5,8H,1H3;3-6H,1-2H2;2H,1H2,(H,4,5);1H2. The first-order valence-electron chi connectivity index (χ1n) is 5.50. The Kier molecular flexibility index (Phi) is 18.1. The van der Waals surface area contributed by atoms with Gasteiger partial charge in [0.05, 0.1) is 20.3 Å². The van der Waals surface area contributed by atoms with Gasteiger partial charge in [0.2, 0.25) is 0 Å². The van der Waals surface area contributed by atoms with Crippen LogP contribution in [0.1, 0.15) is 0 Å². The molecule has 0 radical (unpaired) electrons. The monoisotopic (exact) mass is 306 g/mol. The van der Waals surface area contributed by atoms with E-state index in [0.29, 0.717) is 5.75 Å². The first-order chi connectivity index (χ1) is 9.42. The van der Waals surface area contributed by atoms with E-state index in [-0.39, 0.29) is 24.4 Å². The highest BCUT2D eigenvalue weighted by molar-refractivity contribution is 5.78. The van der Waals surface area contributed by atoms with Gasteiger partial charge in [-0.3, -0.25) is 0 Å². The third-order valence-electron chi connectivity index (χ3n) is 1.68. The van der Waals surface area contributed by atoms with Gasteiger partial charge in [-0.25, -0.2) is 4.79 Å². The summed E-state index contributed by atoms with van der Waals surface area (Å²) in [6.07, 6.45) is -0.120. The molecule has 122 valence electrons. The molecule has 0 aliphatic heterocycles. The van der Waals surface area contributed by atoms with Crippen molar-refractivity contribution in [1.82, 2.24) is 0 Å².